The Morgan fingerprint density at radius 1 is 1.32 bits per heavy atom. The van der Waals surface area contributed by atoms with Crippen molar-refractivity contribution in [2.24, 2.45) is 5.92 Å². The Labute approximate surface area is 148 Å². The lowest BCUT2D eigenvalue weighted by Crippen LogP contribution is -2.69. The molecule has 0 aromatic heterocycles. The van der Waals surface area contributed by atoms with Crippen LogP contribution in [0.1, 0.15) is 32.3 Å². The van der Waals surface area contributed by atoms with Gasteiger partial charge >= 0.3 is 6.03 Å². The van der Waals surface area contributed by atoms with Crippen LogP contribution in [0.2, 0.25) is 0 Å². The van der Waals surface area contributed by atoms with Crippen molar-refractivity contribution >= 4 is 17.6 Å². The number of benzene rings is 1. The molecule has 0 aliphatic carbocycles. The number of amides is 3. The molecule has 1 aromatic rings. The lowest BCUT2D eigenvalue weighted by Gasteiger charge is -2.54. The summed E-state index contributed by atoms with van der Waals surface area (Å²) in [6.45, 7) is 5.77. The first kappa shape index (κ1) is 16.4. The monoisotopic (exact) mass is 343 g/mol. The third-order valence-corrected chi connectivity index (χ3v) is 5.82. The van der Waals surface area contributed by atoms with Crippen molar-refractivity contribution in [2.75, 3.05) is 18.5 Å². The van der Waals surface area contributed by atoms with Gasteiger partial charge in [-0.05, 0) is 24.0 Å². The highest BCUT2D eigenvalue weighted by Crippen LogP contribution is 2.35. The second-order valence-corrected chi connectivity index (χ2v) is 7.38. The Balaban J connectivity index is 1.68. The summed E-state index contributed by atoms with van der Waals surface area (Å²) in [6.07, 6.45) is 1.85. The molecule has 1 aromatic carbocycles. The molecule has 6 heteroatoms. The number of carbonyl (C=O) groups is 2. The van der Waals surface area contributed by atoms with Crippen molar-refractivity contribution in [3.63, 3.8) is 0 Å². The van der Waals surface area contributed by atoms with Gasteiger partial charge in [-0.2, -0.15) is 0 Å². The summed E-state index contributed by atoms with van der Waals surface area (Å²) in [5.74, 6) is 0.00483. The molecule has 1 N–H and O–H groups in total. The van der Waals surface area contributed by atoms with Gasteiger partial charge in [0, 0.05) is 5.69 Å². The van der Waals surface area contributed by atoms with E-state index in [1.54, 1.807) is 4.90 Å². The number of morpholine rings is 1. The average Bonchev–Trinajstić information content (AvgIpc) is 2.77. The number of para-hydroxylation sites is 1. The largest absolute Gasteiger partial charge is 0.377 e. The molecule has 4 atom stereocenters. The van der Waals surface area contributed by atoms with E-state index in [0.29, 0.717) is 19.8 Å². The number of urea groups is 1. The second-order valence-electron chi connectivity index (χ2n) is 7.38. The minimum Gasteiger partial charge on any atom is -0.377 e. The number of ether oxygens (including phenoxy) is 1. The zero-order valence-electron chi connectivity index (χ0n) is 14.8. The number of fused-ring (bicyclic) bond motifs is 3. The van der Waals surface area contributed by atoms with Crippen molar-refractivity contribution in [3.05, 3.63) is 29.8 Å². The number of nitrogens with one attached hydrogen (secondary N) is 1. The van der Waals surface area contributed by atoms with Crippen molar-refractivity contribution in [2.45, 2.75) is 51.4 Å². The molecular weight excluding hydrogens is 318 g/mol. The zero-order valence-corrected chi connectivity index (χ0v) is 14.8. The fourth-order valence-electron chi connectivity index (χ4n) is 4.18. The number of nitrogens with zero attached hydrogens (tertiary/aromatic N) is 2. The van der Waals surface area contributed by atoms with E-state index in [1.165, 1.54) is 0 Å². The van der Waals surface area contributed by atoms with E-state index in [2.05, 4.69) is 12.2 Å². The van der Waals surface area contributed by atoms with Crippen molar-refractivity contribution < 1.29 is 14.3 Å². The van der Waals surface area contributed by atoms with Gasteiger partial charge in [0.2, 0.25) is 5.91 Å². The van der Waals surface area contributed by atoms with Gasteiger partial charge in [0.1, 0.15) is 6.04 Å². The SMILES string of the molecule is CCC(C)C1C(=O)Nc2ccccc2CN1C(=O)N1C2COCC1C2. The molecule has 3 aliphatic rings. The molecule has 25 heavy (non-hydrogen) atoms. The Hall–Kier alpha value is -2.08. The number of hydrogen-bond acceptors (Lipinski definition) is 3. The number of rotatable bonds is 2. The van der Waals surface area contributed by atoms with Crippen LogP contribution in [0, 0.1) is 5.92 Å². The summed E-state index contributed by atoms with van der Waals surface area (Å²) in [4.78, 5) is 30.0. The summed E-state index contributed by atoms with van der Waals surface area (Å²) < 4.78 is 5.51. The molecule has 3 heterocycles. The van der Waals surface area contributed by atoms with Crippen LogP contribution in [-0.2, 0) is 16.1 Å². The quantitative estimate of drug-likeness (QED) is 0.897. The van der Waals surface area contributed by atoms with E-state index in [-0.39, 0.29) is 29.9 Å². The predicted molar refractivity (Wildman–Crippen MR) is 94.1 cm³/mol. The molecule has 3 amide bonds. The Bertz CT molecular complexity index is 678. The van der Waals surface area contributed by atoms with Gasteiger partial charge in [-0.15, -0.1) is 0 Å². The number of carbonyl (C=O) groups excluding carboxylic acids is 2. The van der Waals surface area contributed by atoms with Crippen LogP contribution in [0.15, 0.2) is 24.3 Å². The first-order valence-corrected chi connectivity index (χ1v) is 9.15. The maximum absolute atomic E-state index is 13.3. The third kappa shape index (κ3) is 2.68. The van der Waals surface area contributed by atoms with Gasteiger partial charge in [-0.25, -0.2) is 4.79 Å². The highest BCUT2D eigenvalue weighted by Gasteiger charge is 2.49. The van der Waals surface area contributed by atoms with Crippen molar-refractivity contribution in [3.8, 4) is 0 Å². The van der Waals surface area contributed by atoms with Gasteiger partial charge in [0.25, 0.3) is 0 Å². The molecule has 2 fully saturated rings. The summed E-state index contributed by atoms with van der Waals surface area (Å²) in [5, 5.41) is 3.02. The minimum absolute atomic E-state index is 0.0262. The van der Waals surface area contributed by atoms with Crippen LogP contribution in [0.25, 0.3) is 0 Å². The van der Waals surface area contributed by atoms with Crippen LogP contribution in [0.3, 0.4) is 0 Å². The van der Waals surface area contributed by atoms with Crippen molar-refractivity contribution in [1.82, 2.24) is 9.80 Å². The fraction of sp³-hybridized carbons (Fsp3) is 0.579. The van der Waals surface area contributed by atoms with Crippen LogP contribution in [0.4, 0.5) is 10.5 Å². The zero-order chi connectivity index (χ0) is 17.6. The molecule has 4 unspecified atom stereocenters. The molecular formula is C19H25N3O3. The van der Waals surface area contributed by atoms with Gasteiger partial charge in [0.05, 0.1) is 31.8 Å². The van der Waals surface area contributed by atoms with Gasteiger partial charge in [0.15, 0.2) is 0 Å². The van der Waals surface area contributed by atoms with E-state index in [4.69, 9.17) is 4.74 Å². The molecule has 0 saturated carbocycles. The molecule has 2 saturated heterocycles. The van der Waals surface area contributed by atoms with Crippen molar-refractivity contribution in [1.29, 1.82) is 0 Å². The minimum atomic E-state index is -0.452. The lowest BCUT2D eigenvalue weighted by molar-refractivity contribution is -0.125. The molecule has 0 radical (unpaired) electrons. The Kier molecular flexibility index (Phi) is 4.15. The summed E-state index contributed by atoms with van der Waals surface area (Å²) in [6, 6.07) is 7.58. The Morgan fingerprint density at radius 3 is 2.72 bits per heavy atom. The van der Waals surface area contributed by atoms with Crippen LogP contribution >= 0.6 is 0 Å². The van der Waals surface area contributed by atoms with Gasteiger partial charge in [-0.1, -0.05) is 38.5 Å². The second kappa shape index (κ2) is 6.33. The molecule has 6 nitrogen and oxygen atoms in total. The number of hydrogen-bond donors (Lipinski definition) is 1. The van der Waals surface area contributed by atoms with E-state index < -0.39 is 6.04 Å². The first-order chi connectivity index (χ1) is 12.1. The maximum atomic E-state index is 13.3. The normalized spacial score (nSPS) is 29.2. The topological polar surface area (TPSA) is 61.9 Å². The lowest BCUT2D eigenvalue weighted by atomic mass is 9.91. The van der Waals surface area contributed by atoms with Crippen LogP contribution < -0.4 is 5.32 Å². The maximum Gasteiger partial charge on any atom is 0.321 e. The van der Waals surface area contributed by atoms with Crippen LogP contribution in [0.5, 0.6) is 0 Å². The molecule has 2 bridgehead atoms. The van der Waals surface area contributed by atoms with Crippen LogP contribution in [-0.4, -0.2) is 53.1 Å². The predicted octanol–water partition coefficient (Wildman–Crippen LogP) is 2.45. The average molecular weight is 343 g/mol. The van der Waals surface area contributed by atoms with Gasteiger partial charge < -0.3 is 19.9 Å². The summed E-state index contributed by atoms with van der Waals surface area (Å²) in [5.41, 5.74) is 1.79. The van der Waals surface area contributed by atoms with E-state index in [9.17, 15) is 9.59 Å². The van der Waals surface area contributed by atoms with E-state index >= 15 is 0 Å². The summed E-state index contributed by atoms with van der Waals surface area (Å²) in [7, 11) is 0. The van der Waals surface area contributed by atoms with E-state index in [0.717, 1.165) is 24.1 Å². The summed E-state index contributed by atoms with van der Waals surface area (Å²) >= 11 is 0. The highest BCUT2D eigenvalue weighted by molar-refractivity contribution is 5.99. The standard InChI is InChI=1S/C19H25N3O3/c1-3-12(2)17-18(23)20-16-7-5-4-6-13(16)9-21(17)19(24)22-14-8-15(22)11-25-10-14/h4-7,12,14-15,17H,3,8-11H2,1-2H3,(H,20,23). The smallest absolute Gasteiger partial charge is 0.321 e. The van der Waals surface area contributed by atoms with Gasteiger partial charge in [-0.3, -0.25) is 4.79 Å². The first-order valence-electron chi connectivity index (χ1n) is 9.15. The Morgan fingerprint density at radius 2 is 2.04 bits per heavy atom. The fourth-order valence-corrected chi connectivity index (χ4v) is 4.18. The molecule has 4 rings (SSSR count). The molecule has 0 spiro atoms. The third-order valence-electron chi connectivity index (χ3n) is 5.82. The highest BCUT2D eigenvalue weighted by atomic mass is 16.5. The molecule has 3 aliphatic heterocycles. The van der Waals surface area contributed by atoms with E-state index in [1.807, 2.05) is 36.1 Å². The number of anilines is 1. The molecule has 134 valence electrons.